The molecule has 1 heterocycles. The van der Waals surface area contributed by atoms with Gasteiger partial charge in [0.05, 0.1) is 6.04 Å². The molecule has 1 aliphatic heterocycles. The summed E-state index contributed by atoms with van der Waals surface area (Å²) < 4.78 is 0. The average molecular weight is 207 g/mol. The Bertz CT molecular complexity index is 161. The predicted molar refractivity (Wildman–Crippen MR) is 59.1 cm³/mol. The SMILES string of the molecule is CC(C)C(=O)[C@@H]1CSCN1C.S. The van der Waals surface area contributed by atoms with Gasteiger partial charge in [-0.1, -0.05) is 13.8 Å². The van der Waals surface area contributed by atoms with Gasteiger partial charge in [-0.25, -0.2) is 0 Å². The minimum absolute atomic E-state index is 0. The van der Waals surface area contributed by atoms with Crippen LogP contribution in [-0.2, 0) is 4.79 Å². The third kappa shape index (κ3) is 2.68. The molecule has 1 aliphatic rings. The molecule has 0 aliphatic carbocycles. The molecule has 0 N–H and O–H groups in total. The van der Waals surface area contributed by atoms with Crippen LogP contribution in [0.25, 0.3) is 0 Å². The molecule has 0 radical (unpaired) electrons. The zero-order valence-electron chi connectivity index (χ0n) is 7.83. The van der Waals surface area contributed by atoms with E-state index in [1.165, 1.54) is 0 Å². The molecule has 0 amide bonds. The molecule has 0 saturated carbocycles. The van der Waals surface area contributed by atoms with Gasteiger partial charge in [0.1, 0.15) is 0 Å². The van der Waals surface area contributed by atoms with Gasteiger partial charge in [-0.15, -0.1) is 11.8 Å². The number of carbonyl (C=O) groups is 1. The van der Waals surface area contributed by atoms with Crippen molar-refractivity contribution in [1.29, 1.82) is 0 Å². The fourth-order valence-corrected chi connectivity index (χ4v) is 2.43. The van der Waals surface area contributed by atoms with E-state index >= 15 is 0 Å². The Hall–Kier alpha value is 0.330. The second kappa shape index (κ2) is 5.14. The molecule has 0 aromatic carbocycles. The van der Waals surface area contributed by atoms with Crippen molar-refractivity contribution in [3.05, 3.63) is 0 Å². The second-order valence-corrected chi connectivity index (χ2v) is 4.33. The van der Waals surface area contributed by atoms with E-state index in [2.05, 4.69) is 4.90 Å². The number of nitrogens with zero attached hydrogens (tertiary/aromatic N) is 1. The highest BCUT2D eigenvalue weighted by Crippen LogP contribution is 2.21. The van der Waals surface area contributed by atoms with Gasteiger partial charge >= 0.3 is 0 Å². The van der Waals surface area contributed by atoms with Crippen molar-refractivity contribution in [3.63, 3.8) is 0 Å². The first-order chi connectivity index (χ1) is 5.13. The maximum Gasteiger partial charge on any atom is 0.153 e. The fourth-order valence-electron chi connectivity index (χ4n) is 1.21. The van der Waals surface area contributed by atoms with E-state index in [9.17, 15) is 4.79 Å². The summed E-state index contributed by atoms with van der Waals surface area (Å²) in [6, 6.07) is 0.181. The molecule has 0 bridgehead atoms. The zero-order chi connectivity index (χ0) is 8.43. The first-order valence-corrected chi connectivity index (χ1v) is 5.10. The summed E-state index contributed by atoms with van der Waals surface area (Å²) in [6.07, 6.45) is 0. The first-order valence-electron chi connectivity index (χ1n) is 3.94. The Morgan fingerprint density at radius 1 is 1.58 bits per heavy atom. The molecule has 2 nitrogen and oxygen atoms in total. The van der Waals surface area contributed by atoms with Crippen molar-refractivity contribution in [2.75, 3.05) is 18.7 Å². The van der Waals surface area contributed by atoms with Crippen LogP contribution < -0.4 is 0 Å². The van der Waals surface area contributed by atoms with Crippen LogP contribution in [0.2, 0.25) is 0 Å². The highest BCUT2D eigenvalue weighted by molar-refractivity contribution is 7.99. The van der Waals surface area contributed by atoms with Gasteiger partial charge in [-0.3, -0.25) is 9.69 Å². The summed E-state index contributed by atoms with van der Waals surface area (Å²) in [7, 11) is 2.02. The number of rotatable bonds is 2. The molecule has 72 valence electrons. The van der Waals surface area contributed by atoms with Gasteiger partial charge in [-0.2, -0.15) is 13.5 Å². The molecule has 0 spiro atoms. The summed E-state index contributed by atoms with van der Waals surface area (Å²) in [5.74, 6) is 2.55. The highest BCUT2D eigenvalue weighted by Gasteiger charge is 2.29. The summed E-state index contributed by atoms with van der Waals surface area (Å²) in [4.78, 5) is 13.6. The van der Waals surface area contributed by atoms with Crippen LogP contribution in [0.3, 0.4) is 0 Å². The molecule has 4 heteroatoms. The summed E-state index contributed by atoms with van der Waals surface area (Å²) in [5.41, 5.74) is 0. The number of hydrogen-bond donors (Lipinski definition) is 0. The Balaban J connectivity index is 0.00000121. The molecule has 12 heavy (non-hydrogen) atoms. The van der Waals surface area contributed by atoms with E-state index in [4.69, 9.17) is 0 Å². The van der Waals surface area contributed by atoms with Crippen LogP contribution in [0.4, 0.5) is 0 Å². The van der Waals surface area contributed by atoms with E-state index in [0.29, 0.717) is 5.78 Å². The van der Waals surface area contributed by atoms with E-state index < -0.39 is 0 Å². The smallest absolute Gasteiger partial charge is 0.153 e. The molecule has 0 unspecified atom stereocenters. The van der Waals surface area contributed by atoms with Crippen molar-refractivity contribution < 1.29 is 4.79 Å². The maximum atomic E-state index is 11.5. The number of carbonyl (C=O) groups excluding carboxylic acids is 1. The molecule has 0 aromatic rings. The van der Waals surface area contributed by atoms with Gasteiger partial charge < -0.3 is 0 Å². The highest BCUT2D eigenvalue weighted by atomic mass is 32.2. The van der Waals surface area contributed by atoms with Crippen LogP contribution in [0.5, 0.6) is 0 Å². The third-order valence-electron chi connectivity index (χ3n) is 2.00. The van der Waals surface area contributed by atoms with Crippen molar-refractivity contribution in [3.8, 4) is 0 Å². The number of likely N-dealkylation sites (N-methyl/N-ethyl adjacent to an activating group) is 1. The van der Waals surface area contributed by atoms with E-state index in [-0.39, 0.29) is 25.5 Å². The zero-order valence-corrected chi connectivity index (χ0v) is 9.65. The summed E-state index contributed by atoms with van der Waals surface area (Å²) in [5, 5.41) is 0. The molecule has 1 atom stereocenters. The lowest BCUT2D eigenvalue weighted by atomic mass is 10.0. The van der Waals surface area contributed by atoms with Gasteiger partial charge in [-0.05, 0) is 7.05 Å². The predicted octanol–water partition coefficient (Wildman–Crippen LogP) is 1.33. The minimum Gasteiger partial charge on any atom is -0.298 e. The van der Waals surface area contributed by atoms with Gasteiger partial charge in [0.2, 0.25) is 0 Å². The monoisotopic (exact) mass is 207 g/mol. The second-order valence-electron chi connectivity index (χ2n) is 3.33. The Labute approximate surface area is 85.5 Å². The molecular weight excluding hydrogens is 190 g/mol. The summed E-state index contributed by atoms with van der Waals surface area (Å²) in [6.45, 7) is 3.94. The minimum atomic E-state index is 0. The summed E-state index contributed by atoms with van der Waals surface area (Å²) >= 11 is 1.84. The van der Waals surface area contributed by atoms with Crippen LogP contribution in [0.1, 0.15) is 13.8 Å². The van der Waals surface area contributed by atoms with Crippen LogP contribution in [-0.4, -0.2) is 35.4 Å². The lowest BCUT2D eigenvalue weighted by molar-refractivity contribution is -0.125. The molecular formula is C8H17NOS2. The van der Waals surface area contributed by atoms with Gasteiger partial charge in [0.15, 0.2) is 5.78 Å². The van der Waals surface area contributed by atoms with E-state index in [1.54, 1.807) is 0 Å². The third-order valence-corrected chi connectivity index (χ3v) is 3.14. The lowest BCUT2D eigenvalue weighted by Gasteiger charge is -2.18. The molecule has 1 rings (SSSR count). The van der Waals surface area contributed by atoms with Gasteiger partial charge in [0.25, 0.3) is 0 Å². The van der Waals surface area contributed by atoms with Crippen molar-refractivity contribution >= 4 is 31.0 Å². The number of Topliss-reactive ketones (excluding diaryl/α,β-unsaturated/α-hetero) is 1. The van der Waals surface area contributed by atoms with E-state index in [1.807, 2.05) is 32.7 Å². The van der Waals surface area contributed by atoms with E-state index in [0.717, 1.165) is 11.6 Å². The molecule has 1 saturated heterocycles. The number of thioether (sulfide) groups is 1. The molecule has 1 fully saturated rings. The van der Waals surface area contributed by atoms with Crippen LogP contribution in [0, 0.1) is 5.92 Å². The maximum absolute atomic E-state index is 11.5. The van der Waals surface area contributed by atoms with Gasteiger partial charge in [0, 0.05) is 17.5 Å². The standard InChI is InChI=1S/C8H15NOS.H2S/c1-6(2)8(10)7-4-11-5-9(7)3;/h6-7H,4-5H2,1-3H3;1H2/t7-;/m0./s1. The number of ketones is 1. The Morgan fingerprint density at radius 3 is 2.50 bits per heavy atom. The number of hydrogen-bond acceptors (Lipinski definition) is 3. The lowest BCUT2D eigenvalue weighted by Crippen LogP contribution is -2.37. The van der Waals surface area contributed by atoms with Crippen molar-refractivity contribution in [1.82, 2.24) is 4.90 Å². The quantitative estimate of drug-likeness (QED) is 0.681. The van der Waals surface area contributed by atoms with Crippen molar-refractivity contribution in [2.24, 2.45) is 5.92 Å². The average Bonchev–Trinajstić information content (AvgIpc) is 2.33. The fraction of sp³-hybridized carbons (Fsp3) is 0.875. The largest absolute Gasteiger partial charge is 0.298 e. The Morgan fingerprint density at radius 2 is 2.17 bits per heavy atom. The van der Waals surface area contributed by atoms with Crippen LogP contribution in [0.15, 0.2) is 0 Å². The van der Waals surface area contributed by atoms with Crippen LogP contribution >= 0.6 is 25.3 Å². The normalized spacial score (nSPS) is 24.2. The Kier molecular flexibility index (Phi) is 5.29. The molecule has 0 aromatic heterocycles. The van der Waals surface area contributed by atoms with Crippen molar-refractivity contribution in [2.45, 2.75) is 19.9 Å². The first kappa shape index (κ1) is 12.3. The topological polar surface area (TPSA) is 20.3 Å².